The van der Waals surface area contributed by atoms with E-state index in [1.165, 1.54) is 44.2 Å². The van der Waals surface area contributed by atoms with Gasteiger partial charge in [-0.25, -0.2) is 0 Å². The second kappa shape index (κ2) is 6.20. The number of aromatic nitrogens is 1. The zero-order chi connectivity index (χ0) is 14.8. The van der Waals surface area contributed by atoms with Crippen molar-refractivity contribution in [1.29, 1.82) is 0 Å². The number of hydrogen-bond donors (Lipinski definition) is 0. The average molecular weight is 281 g/mol. The predicted octanol–water partition coefficient (Wildman–Crippen LogP) is 5.07. The summed E-state index contributed by atoms with van der Waals surface area (Å²) in [5.74, 6) is 3.00. The molecule has 0 aliphatic heterocycles. The third-order valence-corrected chi connectivity index (χ3v) is 5.61. The lowest BCUT2D eigenvalue weighted by Crippen LogP contribution is -2.19. The minimum atomic E-state index is 0.631. The molecule has 1 aromatic heterocycles. The lowest BCUT2D eigenvalue weighted by Gasteiger charge is -2.32. The molecule has 3 rings (SSSR count). The van der Waals surface area contributed by atoms with Crippen molar-refractivity contribution in [2.24, 2.45) is 17.8 Å². The molecule has 0 aromatic carbocycles. The maximum absolute atomic E-state index is 4.61. The number of fused-ring (bicyclic) bond motifs is 1. The van der Waals surface area contributed by atoms with Gasteiger partial charge in [-0.1, -0.05) is 20.4 Å². The molecule has 0 spiro atoms. The van der Waals surface area contributed by atoms with Crippen LogP contribution in [0.2, 0.25) is 0 Å². The molecule has 1 heteroatoms. The van der Waals surface area contributed by atoms with E-state index in [1.54, 1.807) is 11.1 Å². The van der Waals surface area contributed by atoms with Gasteiger partial charge in [0, 0.05) is 11.9 Å². The molecule has 2 unspecified atom stereocenters. The molecule has 0 bridgehead atoms. The normalized spacial score (nSPS) is 29.5. The molecule has 1 heterocycles. The Labute approximate surface area is 129 Å². The highest BCUT2D eigenvalue weighted by atomic mass is 14.7. The SMILES string of the molecule is C=C=CC(C)C1CCC(c2ccnc3c2CC(C)C3)CC1. The van der Waals surface area contributed by atoms with Crippen LogP contribution < -0.4 is 0 Å². The fraction of sp³-hybridized carbons (Fsp3) is 0.600. The van der Waals surface area contributed by atoms with Crippen LogP contribution in [-0.2, 0) is 12.8 Å². The van der Waals surface area contributed by atoms with Gasteiger partial charge in [0.2, 0.25) is 0 Å². The Kier molecular flexibility index (Phi) is 4.31. The first kappa shape index (κ1) is 14.6. The van der Waals surface area contributed by atoms with E-state index in [9.17, 15) is 0 Å². The third kappa shape index (κ3) is 2.99. The number of pyridine rings is 1. The molecule has 112 valence electrons. The lowest BCUT2D eigenvalue weighted by molar-refractivity contribution is 0.276. The molecule has 1 fully saturated rings. The first-order valence-corrected chi connectivity index (χ1v) is 8.51. The van der Waals surface area contributed by atoms with Gasteiger partial charge in [0.25, 0.3) is 0 Å². The van der Waals surface area contributed by atoms with Crippen LogP contribution in [0, 0.1) is 17.8 Å². The molecule has 2 aliphatic carbocycles. The van der Waals surface area contributed by atoms with Gasteiger partial charge in [-0.15, -0.1) is 5.73 Å². The third-order valence-electron chi connectivity index (χ3n) is 5.61. The molecule has 21 heavy (non-hydrogen) atoms. The summed E-state index contributed by atoms with van der Waals surface area (Å²) in [6.07, 6.45) is 12.0. The molecular formula is C20H27N. The predicted molar refractivity (Wildman–Crippen MR) is 88.4 cm³/mol. The van der Waals surface area contributed by atoms with Crippen molar-refractivity contribution >= 4 is 0 Å². The average Bonchev–Trinajstić information content (AvgIpc) is 2.87. The quantitative estimate of drug-likeness (QED) is 0.705. The van der Waals surface area contributed by atoms with Crippen molar-refractivity contribution in [2.45, 2.75) is 58.3 Å². The second-order valence-electron chi connectivity index (χ2n) is 7.18. The summed E-state index contributed by atoms with van der Waals surface area (Å²) in [7, 11) is 0. The van der Waals surface area contributed by atoms with E-state index in [2.05, 4.69) is 43.3 Å². The van der Waals surface area contributed by atoms with E-state index < -0.39 is 0 Å². The molecule has 1 saturated carbocycles. The van der Waals surface area contributed by atoms with Crippen molar-refractivity contribution in [1.82, 2.24) is 4.98 Å². The Morgan fingerprint density at radius 3 is 2.76 bits per heavy atom. The fourth-order valence-electron chi connectivity index (χ4n) is 4.38. The minimum absolute atomic E-state index is 0.631. The molecule has 0 radical (unpaired) electrons. The van der Waals surface area contributed by atoms with Gasteiger partial charge in [0.05, 0.1) is 0 Å². The van der Waals surface area contributed by atoms with Crippen LogP contribution in [0.3, 0.4) is 0 Å². The molecule has 2 atom stereocenters. The molecule has 0 N–H and O–H groups in total. The van der Waals surface area contributed by atoms with Gasteiger partial charge in [-0.3, -0.25) is 4.98 Å². The van der Waals surface area contributed by atoms with Crippen LogP contribution in [0.5, 0.6) is 0 Å². The largest absolute Gasteiger partial charge is 0.261 e. The Bertz CT molecular complexity index is 545. The standard InChI is InChI=1S/C20H27N/c1-4-5-15(3)16-6-8-17(9-7-16)18-10-11-21-20-13-14(2)12-19(18)20/h5,10-11,14-17H,1,6-9,12-13H2,2-3H3. The van der Waals surface area contributed by atoms with Crippen LogP contribution in [0.25, 0.3) is 0 Å². The van der Waals surface area contributed by atoms with Crippen LogP contribution >= 0.6 is 0 Å². The smallest absolute Gasteiger partial charge is 0.0441 e. The van der Waals surface area contributed by atoms with E-state index in [1.807, 2.05) is 6.20 Å². The van der Waals surface area contributed by atoms with Crippen LogP contribution in [0.4, 0.5) is 0 Å². The molecule has 0 saturated heterocycles. The maximum Gasteiger partial charge on any atom is 0.0441 e. The number of hydrogen-bond acceptors (Lipinski definition) is 1. The summed E-state index contributed by atoms with van der Waals surface area (Å²) >= 11 is 0. The Morgan fingerprint density at radius 2 is 2.05 bits per heavy atom. The fourth-order valence-corrected chi connectivity index (χ4v) is 4.38. The van der Waals surface area contributed by atoms with Gasteiger partial charge in [-0.2, -0.15) is 0 Å². The molecule has 1 aromatic rings. The molecular weight excluding hydrogens is 254 g/mol. The Balaban J connectivity index is 1.71. The summed E-state index contributed by atoms with van der Waals surface area (Å²) in [5.41, 5.74) is 7.55. The monoisotopic (exact) mass is 281 g/mol. The number of rotatable bonds is 3. The van der Waals surface area contributed by atoms with Crippen molar-refractivity contribution < 1.29 is 0 Å². The van der Waals surface area contributed by atoms with Crippen LogP contribution in [0.1, 0.15) is 62.3 Å². The van der Waals surface area contributed by atoms with Crippen molar-refractivity contribution in [3.05, 3.63) is 47.5 Å². The zero-order valence-corrected chi connectivity index (χ0v) is 13.4. The summed E-state index contributed by atoms with van der Waals surface area (Å²) in [6, 6.07) is 2.30. The topological polar surface area (TPSA) is 12.9 Å². The van der Waals surface area contributed by atoms with Gasteiger partial charge < -0.3 is 0 Å². The maximum atomic E-state index is 4.61. The van der Waals surface area contributed by atoms with Crippen molar-refractivity contribution in [2.75, 3.05) is 0 Å². The van der Waals surface area contributed by atoms with Gasteiger partial charge in [0.1, 0.15) is 0 Å². The summed E-state index contributed by atoms with van der Waals surface area (Å²) in [4.78, 5) is 4.61. The van der Waals surface area contributed by atoms with Crippen LogP contribution in [-0.4, -0.2) is 4.98 Å². The van der Waals surface area contributed by atoms with Crippen LogP contribution in [0.15, 0.2) is 30.6 Å². The van der Waals surface area contributed by atoms with E-state index in [0.29, 0.717) is 5.92 Å². The first-order valence-electron chi connectivity index (χ1n) is 8.51. The lowest BCUT2D eigenvalue weighted by atomic mass is 9.73. The van der Waals surface area contributed by atoms with Gasteiger partial charge in [-0.05, 0) is 85.5 Å². The molecule has 2 aliphatic rings. The number of allylic oxidation sites excluding steroid dienone is 1. The zero-order valence-electron chi connectivity index (χ0n) is 13.4. The van der Waals surface area contributed by atoms with Gasteiger partial charge in [0.15, 0.2) is 0 Å². The van der Waals surface area contributed by atoms with Gasteiger partial charge >= 0.3 is 0 Å². The van der Waals surface area contributed by atoms with E-state index in [0.717, 1.165) is 17.8 Å². The molecule has 0 amide bonds. The van der Waals surface area contributed by atoms with Crippen molar-refractivity contribution in [3.63, 3.8) is 0 Å². The first-order chi connectivity index (χ1) is 10.2. The second-order valence-corrected chi connectivity index (χ2v) is 7.18. The highest BCUT2D eigenvalue weighted by Gasteiger charge is 2.29. The highest BCUT2D eigenvalue weighted by Crippen LogP contribution is 2.42. The minimum Gasteiger partial charge on any atom is -0.261 e. The Hall–Kier alpha value is -1.33. The summed E-state index contributed by atoms with van der Waals surface area (Å²) < 4.78 is 0. The van der Waals surface area contributed by atoms with Crippen molar-refractivity contribution in [3.8, 4) is 0 Å². The highest BCUT2D eigenvalue weighted by molar-refractivity contribution is 5.37. The van der Waals surface area contributed by atoms with E-state index in [4.69, 9.17) is 0 Å². The molecule has 1 nitrogen and oxygen atoms in total. The summed E-state index contributed by atoms with van der Waals surface area (Å²) in [6.45, 7) is 8.38. The van der Waals surface area contributed by atoms with E-state index >= 15 is 0 Å². The van der Waals surface area contributed by atoms with E-state index in [-0.39, 0.29) is 0 Å². The number of nitrogens with zero attached hydrogens (tertiary/aromatic N) is 1. The summed E-state index contributed by atoms with van der Waals surface area (Å²) in [5, 5.41) is 0. The Morgan fingerprint density at radius 1 is 1.29 bits per heavy atom.